The number of benzene rings is 3. The second kappa shape index (κ2) is 8.64. The molecular formula is C25H21ClN6O2. The van der Waals surface area contributed by atoms with Gasteiger partial charge in [-0.1, -0.05) is 72.3 Å². The van der Waals surface area contributed by atoms with Crippen LogP contribution in [0.25, 0.3) is 21.9 Å². The molecule has 5 rings (SSSR count). The van der Waals surface area contributed by atoms with Gasteiger partial charge in [0, 0.05) is 24.7 Å². The standard InChI is InChI=1S/C25H21ClN6O2/c1-30-22-21(23(33)31(2)25(30)34)32(15-18-11-7-10-16-8-3-5-12-19(16)18)24(28-22)29-27-14-17-9-4-6-13-20(17)26/h3-14H,15H2,1-2H3,(H,28,29). The number of aryl methyl sites for hydroxylation is 1. The van der Waals surface area contributed by atoms with Crippen LogP contribution in [0.1, 0.15) is 11.1 Å². The summed E-state index contributed by atoms with van der Waals surface area (Å²) in [6.07, 6.45) is 1.58. The predicted molar refractivity (Wildman–Crippen MR) is 136 cm³/mol. The molecule has 0 aliphatic carbocycles. The van der Waals surface area contributed by atoms with E-state index in [1.165, 1.54) is 11.6 Å². The first-order valence-electron chi connectivity index (χ1n) is 10.6. The normalized spacial score (nSPS) is 11.6. The smallest absolute Gasteiger partial charge is 0.298 e. The molecule has 0 saturated carbocycles. The van der Waals surface area contributed by atoms with Crippen molar-refractivity contribution in [2.75, 3.05) is 5.43 Å². The highest BCUT2D eigenvalue weighted by Crippen LogP contribution is 2.23. The van der Waals surface area contributed by atoms with Gasteiger partial charge in [-0.3, -0.25) is 18.5 Å². The van der Waals surface area contributed by atoms with Crippen LogP contribution in [-0.4, -0.2) is 24.9 Å². The van der Waals surface area contributed by atoms with Gasteiger partial charge in [0.1, 0.15) is 0 Å². The van der Waals surface area contributed by atoms with Gasteiger partial charge in [0.05, 0.1) is 12.8 Å². The number of halogens is 1. The van der Waals surface area contributed by atoms with E-state index in [0.717, 1.165) is 26.5 Å². The van der Waals surface area contributed by atoms with Crippen molar-refractivity contribution in [3.63, 3.8) is 0 Å². The molecule has 34 heavy (non-hydrogen) atoms. The van der Waals surface area contributed by atoms with Crippen LogP contribution < -0.4 is 16.7 Å². The summed E-state index contributed by atoms with van der Waals surface area (Å²) in [5, 5.41) is 7.02. The quantitative estimate of drug-likeness (QED) is 0.312. The second-order valence-corrected chi connectivity index (χ2v) is 8.34. The summed E-state index contributed by atoms with van der Waals surface area (Å²) in [6, 6.07) is 21.4. The third-order valence-corrected chi connectivity index (χ3v) is 6.17. The lowest BCUT2D eigenvalue weighted by Crippen LogP contribution is -2.37. The molecule has 2 aromatic heterocycles. The lowest BCUT2D eigenvalue weighted by molar-refractivity contribution is 0.703. The molecule has 0 spiro atoms. The van der Waals surface area contributed by atoms with E-state index >= 15 is 0 Å². The van der Waals surface area contributed by atoms with Crippen molar-refractivity contribution in [3.8, 4) is 0 Å². The summed E-state index contributed by atoms with van der Waals surface area (Å²) in [4.78, 5) is 30.2. The highest BCUT2D eigenvalue weighted by molar-refractivity contribution is 6.33. The average molecular weight is 473 g/mol. The number of nitrogens with zero attached hydrogens (tertiary/aromatic N) is 5. The summed E-state index contributed by atoms with van der Waals surface area (Å²) in [7, 11) is 3.05. The Bertz CT molecular complexity index is 1690. The number of rotatable bonds is 5. The molecule has 9 heteroatoms. The number of hydrogen-bond donors (Lipinski definition) is 1. The van der Waals surface area contributed by atoms with Crippen LogP contribution in [0, 0.1) is 0 Å². The van der Waals surface area contributed by atoms with Gasteiger partial charge >= 0.3 is 5.69 Å². The van der Waals surface area contributed by atoms with E-state index in [9.17, 15) is 9.59 Å². The minimum absolute atomic E-state index is 0.281. The summed E-state index contributed by atoms with van der Waals surface area (Å²) in [5.41, 5.74) is 4.40. The van der Waals surface area contributed by atoms with Crippen molar-refractivity contribution in [3.05, 3.63) is 104 Å². The van der Waals surface area contributed by atoms with Crippen molar-refractivity contribution in [1.82, 2.24) is 18.7 Å². The van der Waals surface area contributed by atoms with Crippen LogP contribution >= 0.6 is 11.6 Å². The molecule has 0 saturated heterocycles. The molecule has 0 atom stereocenters. The fourth-order valence-corrected chi connectivity index (χ4v) is 4.21. The zero-order valence-corrected chi connectivity index (χ0v) is 19.3. The van der Waals surface area contributed by atoms with Gasteiger partial charge < -0.3 is 0 Å². The fourth-order valence-electron chi connectivity index (χ4n) is 4.03. The first-order valence-corrected chi connectivity index (χ1v) is 11.0. The van der Waals surface area contributed by atoms with Crippen LogP contribution in [0.5, 0.6) is 0 Å². The van der Waals surface area contributed by atoms with Crippen molar-refractivity contribution >= 4 is 45.7 Å². The van der Waals surface area contributed by atoms with E-state index in [0.29, 0.717) is 23.0 Å². The van der Waals surface area contributed by atoms with Gasteiger partial charge in [0.2, 0.25) is 5.95 Å². The topological polar surface area (TPSA) is 86.2 Å². The molecule has 5 aromatic rings. The third-order valence-electron chi connectivity index (χ3n) is 5.83. The van der Waals surface area contributed by atoms with E-state index in [1.54, 1.807) is 23.9 Å². The minimum atomic E-state index is -0.446. The molecule has 0 aliphatic rings. The zero-order chi connectivity index (χ0) is 23.8. The SMILES string of the molecule is Cn1c(=O)c2c(nc(NN=Cc3ccccc3Cl)n2Cc2cccc3ccccc23)n(C)c1=O. The lowest BCUT2D eigenvalue weighted by Gasteiger charge is -2.11. The zero-order valence-electron chi connectivity index (χ0n) is 18.6. The van der Waals surface area contributed by atoms with Gasteiger partial charge in [0.25, 0.3) is 5.56 Å². The number of hydrogen-bond acceptors (Lipinski definition) is 5. The summed E-state index contributed by atoms with van der Waals surface area (Å²) in [6.45, 7) is 0.356. The van der Waals surface area contributed by atoms with Crippen LogP contribution in [0.4, 0.5) is 5.95 Å². The van der Waals surface area contributed by atoms with Crippen molar-refractivity contribution in [2.45, 2.75) is 6.54 Å². The van der Waals surface area contributed by atoms with E-state index in [1.807, 2.05) is 60.7 Å². The Morgan fingerprint density at radius 1 is 0.971 bits per heavy atom. The third kappa shape index (κ3) is 3.68. The van der Waals surface area contributed by atoms with Gasteiger partial charge in [-0.15, -0.1) is 0 Å². The lowest BCUT2D eigenvalue weighted by atomic mass is 10.0. The molecule has 0 amide bonds. The Hall–Kier alpha value is -4.17. The molecule has 0 aliphatic heterocycles. The molecule has 170 valence electrons. The number of aromatic nitrogens is 4. The highest BCUT2D eigenvalue weighted by Gasteiger charge is 2.19. The summed E-state index contributed by atoms with van der Waals surface area (Å²) < 4.78 is 4.20. The van der Waals surface area contributed by atoms with E-state index in [4.69, 9.17) is 11.6 Å². The van der Waals surface area contributed by atoms with Crippen LogP contribution in [0.15, 0.2) is 81.4 Å². The minimum Gasteiger partial charge on any atom is -0.298 e. The van der Waals surface area contributed by atoms with Crippen LogP contribution in [-0.2, 0) is 20.6 Å². The van der Waals surface area contributed by atoms with E-state index < -0.39 is 11.2 Å². The Morgan fingerprint density at radius 2 is 1.71 bits per heavy atom. The molecule has 8 nitrogen and oxygen atoms in total. The maximum absolute atomic E-state index is 13.1. The molecule has 0 radical (unpaired) electrons. The van der Waals surface area contributed by atoms with E-state index in [2.05, 4.69) is 15.5 Å². The molecule has 0 fully saturated rings. The van der Waals surface area contributed by atoms with Crippen LogP contribution in [0.3, 0.4) is 0 Å². The van der Waals surface area contributed by atoms with Gasteiger partial charge in [-0.25, -0.2) is 10.2 Å². The monoisotopic (exact) mass is 472 g/mol. The van der Waals surface area contributed by atoms with Crippen LogP contribution in [0.2, 0.25) is 5.02 Å². The van der Waals surface area contributed by atoms with Gasteiger partial charge in [0.15, 0.2) is 11.2 Å². The van der Waals surface area contributed by atoms with Crippen molar-refractivity contribution in [2.24, 2.45) is 19.2 Å². The number of fused-ring (bicyclic) bond motifs is 2. The highest BCUT2D eigenvalue weighted by atomic mass is 35.5. The number of imidazole rings is 1. The van der Waals surface area contributed by atoms with Gasteiger partial charge in [-0.2, -0.15) is 10.1 Å². The molecule has 2 heterocycles. The maximum Gasteiger partial charge on any atom is 0.332 e. The Labute approximate surface area is 199 Å². The summed E-state index contributed by atoms with van der Waals surface area (Å²) >= 11 is 6.22. The largest absolute Gasteiger partial charge is 0.332 e. The second-order valence-electron chi connectivity index (χ2n) is 7.93. The summed E-state index contributed by atoms with van der Waals surface area (Å²) in [5.74, 6) is 0.338. The molecule has 0 unspecified atom stereocenters. The Balaban J connectivity index is 1.67. The number of hydrazone groups is 1. The molecule has 1 N–H and O–H groups in total. The number of nitrogens with one attached hydrogen (secondary N) is 1. The van der Waals surface area contributed by atoms with Crippen molar-refractivity contribution in [1.29, 1.82) is 0 Å². The molecular weight excluding hydrogens is 452 g/mol. The van der Waals surface area contributed by atoms with E-state index in [-0.39, 0.29) is 5.65 Å². The first kappa shape index (κ1) is 21.7. The maximum atomic E-state index is 13.1. The molecule has 3 aromatic carbocycles. The Morgan fingerprint density at radius 3 is 2.53 bits per heavy atom. The Kier molecular flexibility index (Phi) is 5.51. The number of anilines is 1. The predicted octanol–water partition coefficient (Wildman–Crippen LogP) is 3.73. The average Bonchev–Trinajstić information content (AvgIpc) is 3.21. The van der Waals surface area contributed by atoms with Gasteiger partial charge in [-0.05, 0) is 22.4 Å². The first-order chi connectivity index (χ1) is 16.5. The fraction of sp³-hybridized carbons (Fsp3) is 0.120. The van der Waals surface area contributed by atoms with Crippen molar-refractivity contribution < 1.29 is 0 Å². The molecule has 0 bridgehead atoms.